The van der Waals surface area contributed by atoms with Crippen molar-refractivity contribution in [1.29, 1.82) is 5.26 Å². The summed E-state index contributed by atoms with van der Waals surface area (Å²) in [6.45, 7) is 4.30. The van der Waals surface area contributed by atoms with E-state index < -0.39 is 5.82 Å². The molecule has 0 spiro atoms. The van der Waals surface area contributed by atoms with E-state index in [1.165, 1.54) is 18.2 Å². The molecule has 0 bridgehead atoms. The zero-order valence-electron chi connectivity index (χ0n) is 12.2. The average Bonchev–Trinajstić information content (AvgIpc) is 2.46. The number of nitrogens with two attached hydrogens (primary N) is 1. The minimum atomic E-state index is -0.498. The van der Waals surface area contributed by atoms with Gasteiger partial charge in [0, 0.05) is 25.1 Å². The van der Waals surface area contributed by atoms with Gasteiger partial charge >= 0.3 is 0 Å². The summed E-state index contributed by atoms with van der Waals surface area (Å²) >= 11 is 0. The van der Waals surface area contributed by atoms with Crippen LogP contribution in [0.4, 0.5) is 15.8 Å². The quantitative estimate of drug-likeness (QED) is 0.721. The molecule has 0 aromatic heterocycles. The minimum absolute atomic E-state index is 0.108. The van der Waals surface area contributed by atoms with Crippen molar-refractivity contribution in [2.45, 2.75) is 26.2 Å². The minimum Gasteiger partial charge on any atom is -0.399 e. The lowest BCUT2D eigenvalue weighted by atomic mass is 10.2. The third-order valence-corrected chi connectivity index (χ3v) is 3.13. The summed E-state index contributed by atoms with van der Waals surface area (Å²) in [4.78, 5) is 13.9. The highest BCUT2D eigenvalue weighted by Crippen LogP contribution is 2.17. The molecule has 0 fully saturated rings. The number of nitriles is 1. The molecule has 0 aliphatic heterocycles. The van der Waals surface area contributed by atoms with Gasteiger partial charge < -0.3 is 16.0 Å². The van der Waals surface area contributed by atoms with Crippen molar-refractivity contribution in [3.63, 3.8) is 0 Å². The van der Waals surface area contributed by atoms with Crippen LogP contribution in [0.25, 0.3) is 0 Å². The van der Waals surface area contributed by atoms with Crippen LogP contribution in [0.5, 0.6) is 0 Å². The molecule has 1 aromatic rings. The summed E-state index contributed by atoms with van der Waals surface area (Å²) in [7, 11) is 0. The van der Waals surface area contributed by atoms with Crippen molar-refractivity contribution in [3.8, 4) is 6.07 Å². The average molecular weight is 292 g/mol. The van der Waals surface area contributed by atoms with Crippen LogP contribution in [0, 0.1) is 17.1 Å². The van der Waals surface area contributed by atoms with Crippen LogP contribution in [0.2, 0.25) is 0 Å². The van der Waals surface area contributed by atoms with E-state index in [2.05, 4.69) is 16.3 Å². The Balaban J connectivity index is 2.37. The molecule has 0 radical (unpaired) electrons. The summed E-state index contributed by atoms with van der Waals surface area (Å²) < 4.78 is 13.5. The molecule has 0 atom stereocenters. The monoisotopic (exact) mass is 292 g/mol. The maximum atomic E-state index is 13.5. The zero-order valence-corrected chi connectivity index (χ0v) is 12.2. The number of rotatable bonds is 8. The van der Waals surface area contributed by atoms with Crippen molar-refractivity contribution < 1.29 is 9.18 Å². The predicted octanol–water partition coefficient (Wildman–Crippen LogP) is 2.36. The number of carbonyl (C=O) groups excluding carboxylic acids is 1. The number of benzene rings is 1. The van der Waals surface area contributed by atoms with Crippen LogP contribution >= 0.6 is 0 Å². The first-order valence-electron chi connectivity index (χ1n) is 7.01. The summed E-state index contributed by atoms with van der Waals surface area (Å²) in [5.74, 6) is -0.738. The van der Waals surface area contributed by atoms with Crippen molar-refractivity contribution in [2.24, 2.45) is 0 Å². The van der Waals surface area contributed by atoms with Gasteiger partial charge in [0.05, 0.1) is 11.8 Å². The van der Waals surface area contributed by atoms with E-state index in [4.69, 9.17) is 11.0 Å². The van der Waals surface area contributed by atoms with Gasteiger partial charge in [-0.2, -0.15) is 5.26 Å². The van der Waals surface area contributed by atoms with Gasteiger partial charge in [-0.1, -0.05) is 6.92 Å². The third kappa shape index (κ3) is 6.23. The van der Waals surface area contributed by atoms with Gasteiger partial charge in [0.1, 0.15) is 5.82 Å². The molecular weight excluding hydrogens is 271 g/mol. The van der Waals surface area contributed by atoms with Gasteiger partial charge in [-0.15, -0.1) is 0 Å². The second-order valence-electron chi connectivity index (χ2n) is 4.73. The molecule has 1 rings (SSSR count). The Hall–Kier alpha value is -2.13. The molecule has 1 amide bonds. The molecule has 1 aromatic carbocycles. The van der Waals surface area contributed by atoms with Gasteiger partial charge in [-0.05, 0) is 37.7 Å². The third-order valence-electron chi connectivity index (χ3n) is 3.13. The van der Waals surface area contributed by atoms with Crippen LogP contribution in [0.15, 0.2) is 18.2 Å². The Morgan fingerprint density at radius 3 is 2.90 bits per heavy atom. The molecule has 0 saturated carbocycles. The Morgan fingerprint density at radius 2 is 2.24 bits per heavy atom. The molecule has 0 saturated heterocycles. The molecule has 0 aliphatic carbocycles. The number of nitrogens with zero attached hydrogens (tertiary/aromatic N) is 2. The number of hydrogen-bond acceptors (Lipinski definition) is 4. The van der Waals surface area contributed by atoms with Crippen LogP contribution in [-0.2, 0) is 4.79 Å². The van der Waals surface area contributed by atoms with E-state index in [1.807, 2.05) is 6.92 Å². The zero-order chi connectivity index (χ0) is 15.7. The fourth-order valence-corrected chi connectivity index (χ4v) is 1.95. The van der Waals surface area contributed by atoms with E-state index in [9.17, 15) is 9.18 Å². The molecule has 114 valence electrons. The van der Waals surface area contributed by atoms with Gasteiger partial charge in [0.25, 0.3) is 0 Å². The van der Waals surface area contributed by atoms with E-state index in [1.54, 1.807) is 0 Å². The highest BCUT2D eigenvalue weighted by molar-refractivity contribution is 5.91. The summed E-state index contributed by atoms with van der Waals surface area (Å²) in [6.07, 6.45) is 1.45. The topological polar surface area (TPSA) is 82.2 Å². The van der Waals surface area contributed by atoms with E-state index in [0.29, 0.717) is 31.5 Å². The number of nitrogen functional groups attached to an aromatic ring is 1. The number of anilines is 2. The highest BCUT2D eigenvalue weighted by atomic mass is 19.1. The molecule has 0 unspecified atom stereocenters. The normalized spacial score (nSPS) is 10.4. The number of amides is 1. The first kappa shape index (κ1) is 16.9. The lowest BCUT2D eigenvalue weighted by Gasteiger charge is -2.18. The molecule has 5 nitrogen and oxygen atoms in total. The predicted molar refractivity (Wildman–Crippen MR) is 81.0 cm³/mol. The van der Waals surface area contributed by atoms with Gasteiger partial charge in [-0.25, -0.2) is 4.39 Å². The maximum absolute atomic E-state index is 13.5. The lowest BCUT2D eigenvalue weighted by molar-refractivity contribution is -0.116. The number of hydrogen-bond donors (Lipinski definition) is 2. The Morgan fingerprint density at radius 1 is 1.48 bits per heavy atom. The first-order valence-corrected chi connectivity index (χ1v) is 7.01. The Kier molecular flexibility index (Phi) is 7.19. The Labute approximate surface area is 124 Å². The number of nitrogens with one attached hydrogen (secondary N) is 1. The highest BCUT2D eigenvalue weighted by Gasteiger charge is 2.08. The number of halogens is 1. The smallest absolute Gasteiger partial charge is 0.224 e. The molecule has 3 N–H and O–H groups in total. The van der Waals surface area contributed by atoms with Crippen LogP contribution in [0.1, 0.15) is 26.2 Å². The summed E-state index contributed by atoms with van der Waals surface area (Å²) in [5, 5.41) is 11.1. The van der Waals surface area contributed by atoms with Gasteiger partial charge in [0.2, 0.25) is 5.91 Å². The van der Waals surface area contributed by atoms with E-state index in [-0.39, 0.29) is 11.6 Å². The van der Waals surface area contributed by atoms with Crippen molar-refractivity contribution >= 4 is 17.3 Å². The second-order valence-corrected chi connectivity index (χ2v) is 4.73. The van der Waals surface area contributed by atoms with Gasteiger partial charge in [0.15, 0.2) is 0 Å². The largest absolute Gasteiger partial charge is 0.399 e. The molecule has 0 aliphatic rings. The molecule has 0 heterocycles. The Bertz CT molecular complexity index is 513. The molecule has 21 heavy (non-hydrogen) atoms. The summed E-state index contributed by atoms with van der Waals surface area (Å²) in [5.41, 5.74) is 6.07. The van der Waals surface area contributed by atoms with Crippen LogP contribution in [-0.4, -0.2) is 30.4 Å². The van der Waals surface area contributed by atoms with Gasteiger partial charge in [-0.3, -0.25) is 4.79 Å². The fourth-order valence-electron chi connectivity index (χ4n) is 1.95. The molecule has 6 heteroatoms. The standard InChI is InChI=1S/C15H21FN4O/c1-2-20(10-4-8-17)9-3-5-15(21)19-14-11-12(18)6-7-13(14)16/h6-7,11H,2-5,9-10,18H2,1H3,(H,19,21). The molecular formula is C15H21FN4O. The maximum Gasteiger partial charge on any atom is 0.224 e. The summed E-state index contributed by atoms with van der Waals surface area (Å²) in [6, 6.07) is 6.17. The lowest BCUT2D eigenvalue weighted by Crippen LogP contribution is -2.26. The number of carbonyl (C=O) groups is 1. The van der Waals surface area contributed by atoms with Crippen molar-refractivity contribution in [3.05, 3.63) is 24.0 Å². The SMILES string of the molecule is CCN(CCC#N)CCCC(=O)Nc1cc(N)ccc1F. The van der Waals surface area contributed by atoms with Crippen molar-refractivity contribution in [2.75, 3.05) is 30.7 Å². The van der Waals surface area contributed by atoms with E-state index >= 15 is 0 Å². The first-order chi connectivity index (χ1) is 10.1. The van der Waals surface area contributed by atoms with Crippen LogP contribution in [0.3, 0.4) is 0 Å². The van der Waals surface area contributed by atoms with E-state index in [0.717, 1.165) is 13.1 Å². The van der Waals surface area contributed by atoms with Crippen molar-refractivity contribution in [1.82, 2.24) is 4.90 Å². The fraction of sp³-hybridized carbons (Fsp3) is 0.467. The van der Waals surface area contributed by atoms with Crippen LogP contribution < -0.4 is 11.1 Å². The second kappa shape index (κ2) is 8.93.